The van der Waals surface area contributed by atoms with E-state index in [-0.39, 0.29) is 12.0 Å². The largest absolute Gasteiger partial charge is 0.450 e. The number of carbonyl (C=O) groups excluding carboxylic acids is 2. The fraction of sp³-hybridized carbons (Fsp3) is 0.227. The van der Waals surface area contributed by atoms with Crippen LogP contribution in [0.15, 0.2) is 42.5 Å². The van der Waals surface area contributed by atoms with Crippen molar-refractivity contribution >= 4 is 39.1 Å². The first-order valence-corrected chi connectivity index (χ1v) is 10.2. The zero-order chi connectivity index (χ0) is 20.4. The van der Waals surface area contributed by atoms with Gasteiger partial charge in [-0.15, -0.1) is 11.3 Å². The number of nitriles is 1. The van der Waals surface area contributed by atoms with E-state index < -0.39 is 0 Å². The molecule has 0 fully saturated rings. The smallest absolute Gasteiger partial charge is 0.410 e. The minimum Gasteiger partial charge on any atom is -0.450 e. The number of ether oxygens (including phenoxy) is 1. The van der Waals surface area contributed by atoms with E-state index in [1.54, 1.807) is 17.9 Å². The molecule has 0 aliphatic carbocycles. The topological polar surface area (TPSA) is 82.4 Å². The van der Waals surface area contributed by atoms with E-state index in [0.717, 1.165) is 21.2 Å². The highest BCUT2D eigenvalue weighted by Gasteiger charge is 2.28. The molecule has 2 aromatic carbocycles. The van der Waals surface area contributed by atoms with Gasteiger partial charge in [0.25, 0.3) is 5.91 Å². The second kappa shape index (κ2) is 7.94. The molecule has 1 aromatic heterocycles. The Bertz CT molecular complexity index is 1140. The van der Waals surface area contributed by atoms with Gasteiger partial charge in [-0.1, -0.05) is 36.4 Å². The van der Waals surface area contributed by atoms with E-state index in [0.29, 0.717) is 42.2 Å². The molecule has 0 unspecified atom stereocenters. The summed E-state index contributed by atoms with van der Waals surface area (Å²) in [5.41, 5.74) is 1.96. The summed E-state index contributed by atoms with van der Waals surface area (Å²) in [7, 11) is 0. The maximum absolute atomic E-state index is 13.0. The van der Waals surface area contributed by atoms with Gasteiger partial charge in [0, 0.05) is 17.0 Å². The summed E-state index contributed by atoms with van der Waals surface area (Å²) in [5, 5.41) is 15.0. The van der Waals surface area contributed by atoms with E-state index in [2.05, 4.69) is 11.4 Å². The molecular weight excluding hydrogens is 386 g/mol. The minimum atomic E-state index is -0.355. The molecule has 3 aromatic rings. The van der Waals surface area contributed by atoms with Gasteiger partial charge in [0.1, 0.15) is 11.1 Å². The van der Waals surface area contributed by atoms with Gasteiger partial charge in [-0.2, -0.15) is 5.26 Å². The van der Waals surface area contributed by atoms with Crippen LogP contribution in [0.1, 0.15) is 33.3 Å². The number of nitrogens with zero attached hydrogens (tertiary/aromatic N) is 2. The Morgan fingerprint density at radius 2 is 2.03 bits per heavy atom. The number of carbonyl (C=O) groups is 2. The van der Waals surface area contributed by atoms with Crippen LogP contribution in [0.5, 0.6) is 0 Å². The standard InChI is InChI=1S/C22H19N3O3S/c1-2-28-22(27)25-11-10-16-18(12-23)21(29-19(16)13-25)24-20(26)17-9-5-7-14-6-3-4-8-15(14)17/h3-9H,2,10-11,13H2,1H3,(H,24,26). The molecule has 1 aliphatic rings. The van der Waals surface area contributed by atoms with Crippen molar-refractivity contribution in [2.75, 3.05) is 18.5 Å². The van der Waals surface area contributed by atoms with Crippen molar-refractivity contribution in [2.24, 2.45) is 0 Å². The molecule has 7 heteroatoms. The molecule has 1 N–H and O–H groups in total. The summed E-state index contributed by atoms with van der Waals surface area (Å²) < 4.78 is 5.08. The summed E-state index contributed by atoms with van der Waals surface area (Å²) in [4.78, 5) is 27.5. The lowest BCUT2D eigenvalue weighted by Crippen LogP contribution is -2.35. The predicted molar refractivity (Wildman–Crippen MR) is 112 cm³/mol. The Kier molecular flexibility index (Phi) is 5.19. The van der Waals surface area contributed by atoms with Crippen LogP contribution in [0.25, 0.3) is 10.8 Å². The Morgan fingerprint density at radius 1 is 1.24 bits per heavy atom. The average molecular weight is 405 g/mol. The number of thiophene rings is 1. The number of hydrogen-bond donors (Lipinski definition) is 1. The van der Waals surface area contributed by atoms with Crippen molar-refractivity contribution in [3.8, 4) is 6.07 Å². The van der Waals surface area contributed by atoms with Crippen LogP contribution in [-0.2, 0) is 17.7 Å². The van der Waals surface area contributed by atoms with Crippen molar-refractivity contribution in [1.29, 1.82) is 5.26 Å². The van der Waals surface area contributed by atoms with Crippen LogP contribution in [0, 0.1) is 11.3 Å². The normalized spacial score (nSPS) is 12.9. The fourth-order valence-electron chi connectivity index (χ4n) is 3.57. The van der Waals surface area contributed by atoms with Gasteiger partial charge in [-0.3, -0.25) is 4.79 Å². The first-order valence-electron chi connectivity index (χ1n) is 9.37. The molecule has 0 spiro atoms. The van der Waals surface area contributed by atoms with Crippen molar-refractivity contribution in [3.05, 3.63) is 64.0 Å². The van der Waals surface area contributed by atoms with Gasteiger partial charge in [-0.05, 0) is 35.7 Å². The van der Waals surface area contributed by atoms with Crippen molar-refractivity contribution in [1.82, 2.24) is 4.90 Å². The van der Waals surface area contributed by atoms with Gasteiger partial charge in [0.2, 0.25) is 0 Å². The number of amides is 2. The van der Waals surface area contributed by atoms with Crippen LogP contribution in [0.4, 0.5) is 9.80 Å². The Hall–Kier alpha value is -3.37. The Labute approximate surface area is 172 Å². The molecule has 6 nitrogen and oxygen atoms in total. The maximum atomic E-state index is 13.0. The molecule has 0 atom stereocenters. The zero-order valence-corrected chi connectivity index (χ0v) is 16.7. The first kappa shape index (κ1) is 19.0. The predicted octanol–water partition coefficient (Wildman–Crippen LogP) is 4.54. The molecular formula is C22H19N3O3S. The number of nitrogens with one attached hydrogen (secondary N) is 1. The molecule has 2 heterocycles. The molecule has 0 saturated carbocycles. The van der Waals surface area contributed by atoms with E-state index >= 15 is 0 Å². The lowest BCUT2D eigenvalue weighted by molar-refractivity contribution is 0.102. The molecule has 2 amide bonds. The van der Waals surface area contributed by atoms with Crippen LogP contribution >= 0.6 is 11.3 Å². The van der Waals surface area contributed by atoms with E-state index in [4.69, 9.17) is 4.74 Å². The van der Waals surface area contributed by atoms with Crippen LogP contribution in [0.3, 0.4) is 0 Å². The average Bonchev–Trinajstić information content (AvgIpc) is 3.09. The quantitative estimate of drug-likeness (QED) is 0.693. The highest BCUT2D eigenvalue weighted by atomic mass is 32.1. The first-order chi connectivity index (χ1) is 14.1. The third kappa shape index (κ3) is 3.55. The van der Waals surface area contributed by atoms with Gasteiger partial charge in [0.05, 0.1) is 18.7 Å². The second-order valence-corrected chi connectivity index (χ2v) is 7.78. The van der Waals surface area contributed by atoms with Crippen LogP contribution in [-0.4, -0.2) is 30.1 Å². The fourth-order valence-corrected chi connectivity index (χ4v) is 4.78. The molecule has 0 bridgehead atoms. The van der Waals surface area contributed by atoms with E-state index in [9.17, 15) is 14.9 Å². The van der Waals surface area contributed by atoms with Gasteiger partial charge in [0.15, 0.2) is 0 Å². The molecule has 0 radical (unpaired) electrons. The zero-order valence-electron chi connectivity index (χ0n) is 15.9. The number of hydrogen-bond acceptors (Lipinski definition) is 5. The number of fused-ring (bicyclic) bond motifs is 2. The molecule has 146 valence electrons. The van der Waals surface area contributed by atoms with Crippen LogP contribution < -0.4 is 5.32 Å². The summed E-state index contributed by atoms with van der Waals surface area (Å²) >= 11 is 1.35. The van der Waals surface area contributed by atoms with Gasteiger partial charge in [-0.25, -0.2) is 4.79 Å². The molecule has 0 saturated heterocycles. The van der Waals surface area contributed by atoms with Gasteiger partial charge < -0.3 is 15.0 Å². The number of anilines is 1. The lowest BCUT2D eigenvalue weighted by Gasteiger charge is -2.25. The van der Waals surface area contributed by atoms with E-state index in [1.165, 1.54) is 11.3 Å². The molecule has 4 rings (SSSR count). The Morgan fingerprint density at radius 3 is 2.83 bits per heavy atom. The lowest BCUT2D eigenvalue weighted by atomic mass is 10.0. The number of rotatable bonds is 3. The number of benzene rings is 2. The minimum absolute atomic E-state index is 0.251. The summed E-state index contributed by atoms with van der Waals surface area (Å²) in [5.74, 6) is -0.251. The summed E-state index contributed by atoms with van der Waals surface area (Å²) in [6.07, 6.45) is 0.212. The molecule has 29 heavy (non-hydrogen) atoms. The monoisotopic (exact) mass is 405 g/mol. The third-order valence-electron chi connectivity index (χ3n) is 4.96. The SMILES string of the molecule is CCOC(=O)N1CCc2c(sc(NC(=O)c3cccc4ccccc34)c2C#N)C1. The van der Waals surface area contributed by atoms with E-state index in [1.807, 2.05) is 36.4 Å². The second-order valence-electron chi connectivity index (χ2n) is 6.67. The summed E-state index contributed by atoms with van der Waals surface area (Å²) in [6.45, 7) is 2.97. The third-order valence-corrected chi connectivity index (χ3v) is 6.09. The highest BCUT2D eigenvalue weighted by Crippen LogP contribution is 2.37. The molecule has 1 aliphatic heterocycles. The Balaban J connectivity index is 1.62. The van der Waals surface area contributed by atoms with Crippen LogP contribution in [0.2, 0.25) is 0 Å². The van der Waals surface area contributed by atoms with Crippen molar-refractivity contribution < 1.29 is 14.3 Å². The van der Waals surface area contributed by atoms with Gasteiger partial charge >= 0.3 is 6.09 Å². The summed E-state index contributed by atoms with van der Waals surface area (Å²) in [6, 6.07) is 15.5. The maximum Gasteiger partial charge on any atom is 0.410 e. The highest BCUT2D eigenvalue weighted by molar-refractivity contribution is 7.16. The van der Waals surface area contributed by atoms with Crippen molar-refractivity contribution in [2.45, 2.75) is 19.9 Å². The van der Waals surface area contributed by atoms with Crippen molar-refractivity contribution in [3.63, 3.8) is 0 Å².